The minimum absolute atomic E-state index is 0.433. The van der Waals surface area contributed by atoms with E-state index in [1.807, 2.05) is 12.1 Å². The minimum atomic E-state index is -2.47. The van der Waals surface area contributed by atoms with Gasteiger partial charge in [-0.1, -0.05) is 12.1 Å². The van der Waals surface area contributed by atoms with Crippen molar-refractivity contribution < 1.29 is 23.4 Å². The molecule has 118 valence electrons. The molecular weight excluding hydrogens is 280 g/mol. The van der Waals surface area contributed by atoms with Crippen LogP contribution in [0.25, 0.3) is 0 Å². The highest BCUT2D eigenvalue weighted by atomic mass is 19.3. The molecule has 1 heterocycles. The van der Waals surface area contributed by atoms with Crippen LogP contribution in [-0.2, 0) is 11.3 Å². The van der Waals surface area contributed by atoms with Crippen molar-refractivity contribution in [1.82, 2.24) is 5.32 Å². The summed E-state index contributed by atoms with van der Waals surface area (Å²) < 4.78 is 34.2. The average molecular weight is 301 g/mol. The van der Waals surface area contributed by atoms with E-state index in [1.165, 1.54) is 0 Å². The highest BCUT2D eigenvalue weighted by Gasteiger charge is 2.28. The average Bonchev–Trinajstić information content (AvgIpc) is 2.47. The van der Waals surface area contributed by atoms with Gasteiger partial charge in [0.2, 0.25) is 0 Å². The quantitative estimate of drug-likeness (QED) is 0.808. The van der Waals surface area contributed by atoms with Gasteiger partial charge >= 0.3 is 0 Å². The Morgan fingerprint density at radius 2 is 1.90 bits per heavy atom. The maximum atomic E-state index is 12.0. The van der Waals surface area contributed by atoms with Crippen molar-refractivity contribution in [1.29, 1.82) is 0 Å². The molecule has 1 saturated heterocycles. The molecule has 1 fully saturated rings. The SMILES string of the molecule is OC1(CNCc2ccc(OCC(F)F)cc2)CCOCC1. The Kier molecular flexibility index (Phi) is 5.90. The van der Waals surface area contributed by atoms with Crippen LogP contribution in [0.15, 0.2) is 24.3 Å². The van der Waals surface area contributed by atoms with Crippen LogP contribution < -0.4 is 10.1 Å². The van der Waals surface area contributed by atoms with Crippen LogP contribution in [0.2, 0.25) is 0 Å². The van der Waals surface area contributed by atoms with Gasteiger partial charge in [-0.05, 0) is 17.7 Å². The second-order valence-electron chi connectivity index (χ2n) is 5.29. The Labute approximate surface area is 123 Å². The molecule has 0 unspecified atom stereocenters. The van der Waals surface area contributed by atoms with Crippen molar-refractivity contribution in [2.24, 2.45) is 0 Å². The molecule has 0 atom stereocenters. The molecule has 0 saturated carbocycles. The Morgan fingerprint density at radius 3 is 2.52 bits per heavy atom. The van der Waals surface area contributed by atoms with Gasteiger partial charge in [-0.3, -0.25) is 0 Å². The van der Waals surface area contributed by atoms with E-state index in [9.17, 15) is 13.9 Å². The smallest absolute Gasteiger partial charge is 0.272 e. The Bertz CT molecular complexity index is 419. The highest BCUT2D eigenvalue weighted by Crippen LogP contribution is 2.19. The molecule has 1 aromatic rings. The first kappa shape index (κ1) is 16.1. The van der Waals surface area contributed by atoms with Crippen LogP contribution in [0.1, 0.15) is 18.4 Å². The zero-order chi connectivity index (χ0) is 15.1. The lowest BCUT2D eigenvalue weighted by Crippen LogP contribution is -2.44. The number of rotatable bonds is 7. The fourth-order valence-electron chi connectivity index (χ4n) is 2.23. The zero-order valence-electron chi connectivity index (χ0n) is 11.9. The molecule has 1 aromatic carbocycles. The normalized spacial score (nSPS) is 17.9. The number of alkyl halides is 2. The molecule has 0 radical (unpaired) electrons. The van der Waals surface area contributed by atoms with Gasteiger partial charge in [-0.25, -0.2) is 8.78 Å². The van der Waals surface area contributed by atoms with E-state index in [2.05, 4.69) is 5.32 Å². The van der Waals surface area contributed by atoms with Gasteiger partial charge in [0.15, 0.2) is 0 Å². The summed E-state index contributed by atoms with van der Waals surface area (Å²) in [5, 5.41) is 13.5. The fourth-order valence-corrected chi connectivity index (χ4v) is 2.23. The molecule has 2 rings (SSSR count). The number of halogens is 2. The number of hydrogen-bond donors (Lipinski definition) is 2. The lowest BCUT2D eigenvalue weighted by molar-refractivity contribution is -0.0617. The summed E-state index contributed by atoms with van der Waals surface area (Å²) >= 11 is 0. The number of aliphatic hydroxyl groups is 1. The highest BCUT2D eigenvalue weighted by molar-refractivity contribution is 5.27. The fraction of sp³-hybridized carbons (Fsp3) is 0.600. The molecule has 0 amide bonds. The molecule has 0 spiro atoms. The van der Waals surface area contributed by atoms with E-state index in [4.69, 9.17) is 9.47 Å². The van der Waals surface area contributed by atoms with Crippen molar-refractivity contribution in [2.45, 2.75) is 31.4 Å². The van der Waals surface area contributed by atoms with Crippen LogP contribution in [0.5, 0.6) is 5.75 Å². The van der Waals surface area contributed by atoms with E-state index in [-0.39, 0.29) is 0 Å². The molecule has 0 aromatic heterocycles. The zero-order valence-corrected chi connectivity index (χ0v) is 11.9. The molecule has 0 aliphatic carbocycles. The molecular formula is C15H21F2NO3. The third-order valence-electron chi connectivity index (χ3n) is 3.51. The lowest BCUT2D eigenvalue weighted by Gasteiger charge is -2.32. The van der Waals surface area contributed by atoms with Gasteiger partial charge in [-0.2, -0.15) is 0 Å². The first-order valence-corrected chi connectivity index (χ1v) is 7.08. The third-order valence-corrected chi connectivity index (χ3v) is 3.51. The maximum absolute atomic E-state index is 12.0. The van der Waals surface area contributed by atoms with Crippen molar-refractivity contribution in [2.75, 3.05) is 26.4 Å². The van der Waals surface area contributed by atoms with Crippen LogP contribution in [0, 0.1) is 0 Å². The van der Waals surface area contributed by atoms with Crippen LogP contribution >= 0.6 is 0 Å². The monoisotopic (exact) mass is 301 g/mol. The predicted octanol–water partition coefficient (Wildman–Crippen LogP) is 1.96. The van der Waals surface area contributed by atoms with Crippen LogP contribution in [0.3, 0.4) is 0 Å². The maximum Gasteiger partial charge on any atom is 0.272 e. The summed E-state index contributed by atoms with van der Waals surface area (Å²) in [6.07, 6.45) is -1.19. The van der Waals surface area contributed by atoms with Crippen LogP contribution in [-0.4, -0.2) is 43.5 Å². The van der Waals surface area contributed by atoms with E-state index in [0.717, 1.165) is 5.56 Å². The predicted molar refractivity (Wildman–Crippen MR) is 74.7 cm³/mol. The van der Waals surface area contributed by atoms with Crippen molar-refractivity contribution in [3.63, 3.8) is 0 Å². The van der Waals surface area contributed by atoms with Crippen molar-refractivity contribution in [3.8, 4) is 5.75 Å². The number of ether oxygens (including phenoxy) is 2. The Hall–Kier alpha value is -1.24. The first-order chi connectivity index (χ1) is 10.1. The Balaban J connectivity index is 1.73. The molecule has 1 aliphatic heterocycles. The molecule has 0 bridgehead atoms. The molecule has 6 heteroatoms. The molecule has 2 N–H and O–H groups in total. The first-order valence-electron chi connectivity index (χ1n) is 7.08. The molecule has 1 aliphatic rings. The number of nitrogens with one attached hydrogen (secondary N) is 1. The van der Waals surface area contributed by atoms with E-state index >= 15 is 0 Å². The lowest BCUT2D eigenvalue weighted by atomic mass is 9.94. The van der Waals surface area contributed by atoms with Gasteiger partial charge in [-0.15, -0.1) is 0 Å². The number of hydrogen-bond acceptors (Lipinski definition) is 4. The molecule has 21 heavy (non-hydrogen) atoms. The summed E-state index contributed by atoms with van der Waals surface area (Å²) in [4.78, 5) is 0. The van der Waals surface area contributed by atoms with Crippen molar-refractivity contribution in [3.05, 3.63) is 29.8 Å². The van der Waals surface area contributed by atoms with Crippen molar-refractivity contribution >= 4 is 0 Å². The van der Waals surface area contributed by atoms with Gasteiger partial charge in [0.25, 0.3) is 6.43 Å². The summed E-state index contributed by atoms with van der Waals surface area (Å²) in [6, 6.07) is 6.98. The standard InChI is InChI=1S/C15H21F2NO3/c16-14(17)10-21-13-3-1-12(2-4-13)9-18-11-15(19)5-7-20-8-6-15/h1-4,14,18-19H,5-11H2. The van der Waals surface area contributed by atoms with Gasteiger partial charge in [0, 0.05) is 39.1 Å². The second-order valence-corrected chi connectivity index (χ2v) is 5.29. The van der Waals surface area contributed by atoms with Gasteiger partial charge in [0.1, 0.15) is 12.4 Å². The summed E-state index contributed by atoms with van der Waals surface area (Å²) in [7, 11) is 0. The third kappa shape index (κ3) is 5.57. The molecule has 4 nitrogen and oxygen atoms in total. The second kappa shape index (κ2) is 7.68. The van der Waals surface area contributed by atoms with Gasteiger partial charge < -0.3 is 19.9 Å². The Morgan fingerprint density at radius 1 is 1.24 bits per heavy atom. The summed E-state index contributed by atoms with van der Waals surface area (Å²) in [5.41, 5.74) is 0.313. The minimum Gasteiger partial charge on any atom is -0.488 e. The summed E-state index contributed by atoms with van der Waals surface area (Å²) in [5.74, 6) is 0.433. The van der Waals surface area contributed by atoms with Gasteiger partial charge in [0.05, 0.1) is 5.60 Å². The van der Waals surface area contributed by atoms with E-state index in [0.29, 0.717) is 44.9 Å². The number of benzene rings is 1. The topological polar surface area (TPSA) is 50.7 Å². The largest absolute Gasteiger partial charge is 0.488 e. The van der Waals surface area contributed by atoms with E-state index < -0.39 is 18.6 Å². The van der Waals surface area contributed by atoms with E-state index in [1.54, 1.807) is 12.1 Å². The summed E-state index contributed by atoms with van der Waals surface area (Å²) in [6.45, 7) is 1.72. The van der Waals surface area contributed by atoms with Crippen LogP contribution in [0.4, 0.5) is 8.78 Å².